The summed E-state index contributed by atoms with van der Waals surface area (Å²) in [6.45, 7) is 67.7. The average Bonchev–Trinajstić information content (AvgIpc) is 1.70. The zero-order chi connectivity index (χ0) is 111. The lowest BCUT2D eigenvalue weighted by atomic mass is 9.93. The van der Waals surface area contributed by atoms with Crippen LogP contribution in [0.25, 0.3) is 0 Å². The third-order valence-corrected chi connectivity index (χ3v) is 35.7. The van der Waals surface area contributed by atoms with Gasteiger partial charge in [0.05, 0.1) is 300 Å². The molecule has 17 unspecified atom stereocenters. The van der Waals surface area contributed by atoms with Crippen LogP contribution < -0.4 is 148 Å². The van der Waals surface area contributed by atoms with E-state index in [2.05, 4.69) is 221 Å². The van der Waals surface area contributed by atoms with Crippen LogP contribution in [0.1, 0.15) is 178 Å². The predicted octanol–water partition coefficient (Wildman–Crippen LogP) is -19.3. The number of piperidine rings is 2. The Morgan fingerprint density at radius 1 is 0.320 bits per heavy atom. The molecule has 0 aromatic rings. The van der Waals surface area contributed by atoms with Crippen molar-refractivity contribution in [3.05, 3.63) is 120 Å². The van der Waals surface area contributed by atoms with E-state index >= 15 is 0 Å². The van der Waals surface area contributed by atoms with E-state index in [1.54, 1.807) is 13.8 Å². The third-order valence-electron chi connectivity index (χ3n) is 35.7. The minimum absolute atomic E-state index is 0.0666. The summed E-state index contributed by atoms with van der Waals surface area (Å²) in [5.74, 6) is 5.95. The van der Waals surface area contributed by atoms with E-state index in [1.165, 1.54) is 337 Å². The number of fused-ring (bicyclic) bond motifs is 5. The number of amides is 2. The Morgan fingerprint density at radius 3 is 0.807 bits per heavy atom. The second-order valence-electron chi connectivity index (χ2n) is 51.4. The third kappa shape index (κ3) is 55.4. The molecule has 0 bridgehead atoms. The second kappa shape index (κ2) is 71.5. The molecule has 22 rings (SSSR count). The first-order valence-corrected chi connectivity index (χ1v) is 59.8. The summed E-state index contributed by atoms with van der Waals surface area (Å²) in [6.07, 6.45) is 22.2. The van der Waals surface area contributed by atoms with Crippen LogP contribution in [0.3, 0.4) is 0 Å². The van der Waals surface area contributed by atoms with Crippen molar-refractivity contribution in [2.24, 2.45) is 52.4 Å². The first-order chi connectivity index (χ1) is 70.9. The predicted molar refractivity (Wildman–Crippen MR) is 611 cm³/mol. The van der Waals surface area contributed by atoms with Gasteiger partial charge in [-0.3, -0.25) is 9.59 Å². The molecule has 0 spiro atoms. The molecule has 22 aliphatic heterocycles. The van der Waals surface area contributed by atoms with Gasteiger partial charge in [0.15, 0.2) is 0 Å². The van der Waals surface area contributed by atoms with E-state index in [0.717, 1.165) is 221 Å². The topological polar surface area (TPSA) is 329 Å². The van der Waals surface area contributed by atoms with Gasteiger partial charge < -0.3 is 168 Å². The van der Waals surface area contributed by atoms with Crippen LogP contribution in [0.2, 0.25) is 0 Å². The van der Waals surface area contributed by atoms with Gasteiger partial charge in [0, 0.05) is 159 Å². The molecule has 22 heterocycles. The van der Waals surface area contributed by atoms with Crippen molar-refractivity contribution in [3.63, 3.8) is 0 Å². The van der Waals surface area contributed by atoms with E-state index in [4.69, 9.17) is 21.7 Å². The van der Waals surface area contributed by atoms with Crippen molar-refractivity contribution in [1.29, 1.82) is 0 Å². The van der Waals surface area contributed by atoms with E-state index in [1.807, 2.05) is 45.0 Å². The van der Waals surface area contributed by atoms with E-state index < -0.39 is 0 Å². The van der Waals surface area contributed by atoms with Gasteiger partial charge in [0.1, 0.15) is 12.2 Å². The van der Waals surface area contributed by atoms with Crippen molar-refractivity contribution in [2.45, 2.75) is 267 Å². The Bertz CT molecular complexity index is 3150. The first kappa shape index (κ1) is 136. The van der Waals surface area contributed by atoms with Crippen molar-refractivity contribution in [2.75, 3.05) is 310 Å². The summed E-state index contributed by atoms with van der Waals surface area (Å²) in [6, 6.07) is 6.95. The molecule has 0 aromatic carbocycles. The number of likely N-dealkylation sites (N-methyl/N-ethyl adjacent to an activating group) is 7. The Morgan fingerprint density at radius 2 is 0.607 bits per heavy atom. The molecular formula is C115H247N31O4. The largest absolute Gasteiger partial charge is 0.467 e. The molecule has 35 nitrogen and oxygen atoms in total. The highest BCUT2D eigenvalue weighted by molar-refractivity contribution is 5.73. The lowest BCUT2D eigenvalue weighted by molar-refractivity contribution is -0.843. The quantitative estimate of drug-likeness (QED) is 0.0954. The highest BCUT2D eigenvalue weighted by atomic mass is 16.3. The molecule has 22 aliphatic rings. The zero-order valence-corrected chi connectivity index (χ0v) is 99.1. The molecule has 886 valence electrons. The molecule has 0 radical (unpaired) electrons. The highest BCUT2D eigenvalue weighted by Crippen LogP contribution is 2.22. The van der Waals surface area contributed by atoms with Gasteiger partial charge in [0.25, 0.3) is 0 Å². The van der Waals surface area contributed by atoms with Gasteiger partial charge in [-0.15, -0.1) is 0 Å². The van der Waals surface area contributed by atoms with Crippen molar-refractivity contribution >= 4 is 11.8 Å². The maximum Gasteiger partial charge on any atom is 0.219 e. The van der Waals surface area contributed by atoms with Crippen LogP contribution in [0.5, 0.6) is 0 Å². The maximum atomic E-state index is 10.9. The Hall–Kier alpha value is -2.30. The standard InChI is InChI=1S/2C8H16N2O.2C8H16N2.3C7H14N2.3C7H16N2.C7H15N.4C6H14N2.2C5H11NO/c2*1-7(11)10(3)8-4-5-9(2)6-8;2*1-10-5-7-3-2-4-9-8(7)6-10;1-9-4-6-2-8-3-7(6)5-9;2*1-9-4-6-2-3-8-7(6)5-9;1-7(8-2)4-5-9(3)6-7;2*1-3-8-7-4-5-9(2)6-7;1-7(2)4-5-8(3)6-7;2*1-7-6-3-4-8(2)5-6;2*1-6(7)3-4-8(2)5-6;2*1-6-3-2-5(7)4-6/h2*8-9H,2,4-6H2,1,3H3;2*7-10H,1-6H2;3*6-9H,1-5H2;8-9H,3-6H2,1-2H3;2*7-9H,2-6H2,1H3;8H,3-6H2,1-2H3;2*6-8H,2-5H2,1H3;2*8H,2-5,7H2,1H3;2*5-7H,1-4H2/t2*8-;2*7-,8+;3*6-,7+;3*7-;;4*6-;2*5-/m1010.10110.101010/s1. The first-order valence-electron chi connectivity index (χ1n) is 59.8. The van der Waals surface area contributed by atoms with E-state index in [9.17, 15) is 9.59 Å². The average molecular weight is 2130 g/mol. The number of carbonyl (C=O) groups is 2. The lowest BCUT2D eigenvalue weighted by Gasteiger charge is -2.22. The van der Waals surface area contributed by atoms with Crippen molar-refractivity contribution in [1.82, 2.24) is 63.0 Å². The number of nitrogens with one attached hydrogen (secondary N) is 27. The number of hydrogen-bond donors (Lipinski definition) is 31. The summed E-state index contributed by atoms with van der Waals surface area (Å²) in [5, 5.41) is 51.8. The van der Waals surface area contributed by atoms with E-state index in [-0.39, 0.29) is 35.1 Å². The number of hydrogen-bond acceptors (Lipinski definition) is 16. The maximum absolute atomic E-state index is 10.9. The van der Waals surface area contributed by atoms with Gasteiger partial charge in [-0.05, 0) is 120 Å². The van der Waals surface area contributed by atoms with Crippen LogP contribution in [-0.4, -0.2) is 431 Å². The van der Waals surface area contributed by atoms with Gasteiger partial charge in [0.2, 0.25) is 11.8 Å². The van der Waals surface area contributed by atoms with Crippen molar-refractivity contribution < 1.29 is 103 Å². The van der Waals surface area contributed by atoms with Gasteiger partial charge in [-0.25, -0.2) is 0 Å². The van der Waals surface area contributed by atoms with Crippen LogP contribution >= 0.6 is 0 Å². The monoisotopic (exact) mass is 2130 g/mol. The van der Waals surface area contributed by atoms with Gasteiger partial charge in [-0.1, -0.05) is 27.7 Å². The van der Waals surface area contributed by atoms with Gasteiger partial charge in [-0.2, -0.15) is 120 Å². The number of nitrogens with two attached hydrogens (primary N) is 2. The number of quaternary nitrogens is 17. The fourth-order valence-electron chi connectivity index (χ4n) is 25.9. The molecule has 0 aromatic heterocycles. The SMILES string of the molecule is [CH2-][NH+]1CCC(C)(C)C1.[CH2-][NH+]1CC[C@@H](N(C)C(C)=O)C1.[CH2-][NH+]1CC[C@@H](NC)C1.[CH2-][NH+]1CC[C@@H](NCC)C1.[CH2-][NH+]1CC[C@@H](O)C1.[CH2-][NH+]1CC[C@@](C)(N)C1.[CH2-][NH+]1CC[C@@](C)(NC)C1.[CH2-][NH+]1CC[C@H](N(C)C(C)=O)C1.[CH2-][NH+]1CC[C@H](NC)C1.[CH2-][NH+]1CC[C@H](NCC)C1.[CH2-][NH+]1CC[C@H](O)C1.[CH2-][NH+]1CC[C@](C)(N)C1.[CH2-][NH+]1C[C@@H]2CCCN[C@@H]2C1.[CH2-][NH+]1C[C@@H]2CCN[C@@H]2C1.[CH2-][NH+]1C[C@H]2CCCN[C@H]2C1.[CH2-][NH+]1C[C@H]2CCN[C@H]2C1.[CH2-][NH+]1C[C@H]2CNC[C@H]2C1. The number of aliphatic hydroxyl groups is 2. The molecular weight excluding hydrogens is 1880 g/mol. The highest BCUT2D eigenvalue weighted by Gasteiger charge is 2.41. The Labute approximate surface area is 922 Å². The number of aliphatic hydroxyl groups excluding tert-OH is 2. The minimum Gasteiger partial charge on any atom is -0.467 e. The molecule has 22 saturated heterocycles. The van der Waals surface area contributed by atoms with Crippen LogP contribution in [0.4, 0.5) is 0 Å². The Kier molecular flexibility index (Phi) is 65.0. The molecule has 33 N–H and O–H groups in total. The number of rotatable bonds is 9. The second-order valence-corrected chi connectivity index (χ2v) is 51.4. The molecule has 0 aliphatic carbocycles. The summed E-state index contributed by atoms with van der Waals surface area (Å²) >= 11 is 0. The number of nitrogens with zero attached hydrogens (tertiary/aromatic N) is 2. The molecule has 35 heteroatoms. The minimum atomic E-state index is -0.0764. The van der Waals surface area contributed by atoms with Crippen LogP contribution in [0.15, 0.2) is 0 Å². The fraction of sp³-hybridized carbons (Fsp3) is 0.835. The van der Waals surface area contributed by atoms with Crippen molar-refractivity contribution in [3.8, 4) is 0 Å². The normalized spacial score (nSPS) is 41.5. The Balaban J connectivity index is 0.000000243. The summed E-state index contributed by atoms with van der Waals surface area (Å²) in [7, 11) is 76.5. The van der Waals surface area contributed by atoms with Gasteiger partial charge >= 0.3 is 0 Å². The fourth-order valence-corrected chi connectivity index (χ4v) is 25.9. The molecule has 0 saturated carbocycles. The smallest absolute Gasteiger partial charge is 0.219 e. The summed E-state index contributed by atoms with van der Waals surface area (Å²) in [5.41, 5.74) is 12.7. The molecule has 38 atom stereocenters. The lowest BCUT2D eigenvalue weighted by Crippen LogP contribution is -3.05. The molecule has 150 heavy (non-hydrogen) atoms. The summed E-state index contributed by atoms with van der Waals surface area (Å²) < 4.78 is 0. The number of carbonyl (C=O) groups excluding carboxylic acids is 2. The van der Waals surface area contributed by atoms with Crippen LogP contribution in [-0.2, 0) is 9.59 Å². The zero-order valence-electron chi connectivity index (χ0n) is 99.1. The number of likely N-dealkylation sites (tertiary alicyclic amines) is 17. The molecule has 2 amide bonds. The van der Waals surface area contributed by atoms with Crippen LogP contribution in [0, 0.1) is 161 Å². The van der Waals surface area contributed by atoms with E-state index in [0.29, 0.717) is 23.0 Å². The molecule has 22 fully saturated rings. The summed E-state index contributed by atoms with van der Waals surface area (Å²) in [4.78, 5) is 48.9.